The van der Waals surface area contributed by atoms with Gasteiger partial charge in [-0.2, -0.15) is 0 Å². The van der Waals surface area contributed by atoms with E-state index in [0.29, 0.717) is 12.3 Å². The summed E-state index contributed by atoms with van der Waals surface area (Å²) < 4.78 is 5.27. The Morgan fingerprint density at radius 3 is 2.58 bits per heavy atom. The lowest BCUT2D eigenvalue weighted by Crippen LogP contribution is -2.23. The first kappa shape index (κ1) is 13.4. The van der Waals surface area contributed by atoms with E-state index < -0.39 is 5.97 Å². The molecule has 4 heteroatoms. The van der Waals surface area contributed by atoms with Crippen LogP contribution in [0.5, 0.6) is 0 Å². The largest absolute Gasteiger partial charge is 0.478 e. The fourth-order valence-electron chi connectivity index (χ4n) is 1.98. The summed E-state index contributed by atoms with van der Waals surface area (Å²) in [6, 6.07) is 11.6. The Labute approximate surface area is 112 Å². The zero-order chi connectivity index (χ0) is 13.7. The second-order valence-corrected chi connectivity index (χ2v) is 4.35. The van der Waals surface area contributed by atoms with Crippen molar-refractivity contribution in [3.63, 3.8) is 0 Å². The molecule has 0 unspecified atom stereocenters. The van der Waals surface area contributed by atoms with E-state index in [1.807, 2.05) is 25.1 Å². The van der Waals surface area contributed by atoms with Gasteiger partial charge in [-0.25, -0.2) is 4.79 Å². The Hall–Kier alpha value is -2.07. The molecular formula is C15H17NO3. The maximum atomic E-state index is 11.0. The Balaban J connectivity index is 2.07. The number of carbonyl (C=O) groups is 1. The van der Waals surface area contributed by atoms with Gasteiger partial charge in [0, 0.05) is 6.54 Å². The lowest BCUT2D eigenvalue weighted by Gasteiger charge is -2.19. The number of hydrogen-bond acceptors (Lipinski definition) is 3. The van der Waals surface area contributed by atoms with Crippen molar-refractivity contribution in [1.82, 2.24) is 4.90 Å². The highest BCUT2D eigenvalue weighted by molar-refractivity contribution is 5.88. The molecule has 0 bridgehead atoms. The monoisotopic (exact) mass is 259 g/mol. The molecule has 0 radical (unpaired) electrons. The van der Waals surface area contributed by atoms with Crippen molar-refractivity contribution in [3.8, 4) is 0 Å². The van der Waals surface area contributed by atoms with Gasteiger partial charge in [-0.15, -0.1) is 0 Å². The molecule has 1 heterocycles. The SMILES string of the molecule is CCN(Cc1ccccc1)Cc1occc1C(=O)O. The first-order valence-electron chi connectivity index (χ1n) is 6.26. The van der Waals surface area contributed by atoms with Gasteiger partial charge < -0.3 is 9.52 Å². The molecule has 0 aliphatic carbocycles. The van der Waals surface area contributed by atoms with E-state index in [-0.39, 0.29) is 5.56 Å². The van der Waals surface area contributed by atoms with E-state index in [0.717, 1.165) is 13.1 Å². The van der Waals surface area contributed by atoms with Gasteiger partial charge >= 0.3 is 5.97 Å². The molecule has 1 aromatic heterocycles. The van der Waals surface area contributed by atoms with Crippen LogP contribution in [0.25, 0.3) is 0 Å². The molecule has 2 rings (SSSR count). The van der Waals surface area contributed by atoms with Crippen molar-refractivity contribution < 1.29 is 14.3 Å². The lowest BCUT2D eigenvalue weighted by molar-refractivity contribution is 0.0692. The fraction of sp³-hybridized carbons (Fsp3) is 0.267. The predicted molar refractivity (Wildman–Crippen MR) is 71.9 cm³/mol. The predicted octanol–water partition coefficient (Wildman–Crippen LogP) is 3.00. The summed E-state index contributed by atoms with van der Waals surface area (Å²) in [5.41, 5.74) is 1.44. The lowest BCUT2D eigenvalue weighted by atomic mass is 10.2. The number of benzene rings is 1. The molecule has 1 N–H and O–H groups in total. The maximum Gasteiger partial charge on any atom is 0.339 e. The first-order chi connectivity index (χ1) is 9.20. The van der Waals surface area contributed by atoms with E-state index in [9.17, 15) is 4.79 Å². The molecule has 1 aromatic carbocycles. The van der Waals surface area contributed by atoms with Crippen molar-refractivity contribution >= 4 is 5.97 Å². The number of carboxylic acid groups (broad SMARTS) is 1. The highest BCUT2D eigenvalue weighted by atomic mass is 16.4. The number of rotatable bonds is 6. The van der Waals surface area contributed by atoms with Crippen molar-refractivity contribution in [2.24, 2.45) is 0 Å². The van der Waals surface area contributed by atoms with E-state index in [1.165, 1.54) is 17.9 Å². The van der Waals surface area contributed by atoms with Gasteiger partial charge in [-0.05, 0) is 18.2 Å². The topological polar surface area (TPSA) is 53.7 Å². The molecule has 100 valence electrons. The second-order valence-electron chi connectivity index (χ2n) is 4.35. The van der Waals surface area contributed by atoms with Crippen LogP contribution in [0.3, 0.4) is 0 Å². The number of hydrogen-bond donors (Lipinski definition) is 1. The van der Waals surface area contributed by atoms with Crippen LogP contribution in [0.15, 0.2) is 47.1 Å². The van der Waals surface area contributed by atoms with Crippen molar-refractivity contribution in [2.75, 3.05) is 6.54 Å². The van der Waals surface area contributed by atoms with Crippen LogP contribution in [0.1, 0.15) is 28.6 Å². The van der Waals surface area contributed by atoms with Gasteiger partial charge in [0.25, 0.3) is 0 Å². The highest BCUT2D eigenvalue weighted by Gasteiger charge is 2.16. The quantitative estimate of drug-likeness (QED) is 0.866. The third-order valence-electron chi connectivity index (χ3n) is 3.04. The third kappa shape index (κ3) is 3.45. The summed E-state index contributed by atoms with van der Waals surface area (Å²) in [7, 11) is 0. The summed E-state index contributed by atoms with van der Waals surface area (Å²) >= 11 is 0. The van der Waals surface area contributed by atoms with Crippen molar-refractivity contribution in [3.05, 3.63) is 59.5 Å². The second kappa shape index (κ2) is 6.20. The minimum absolute atomic E-state index is 0.242. The smallest absolute Gasteiger partial charge is 0.339 e. The average molecular weight is 259 g/mol. The molecule has 0 saturated carbocycles. The summed E-state index contributed by atoms with van der Waals surface area (Å²) in [5, 5.41) is 9.05. The van der Waals surface area contributed by atoms with E-state index in [4.69, 9.17) is 9.52 Å². The minimum Gasteiger partial charge on any atom is -0.478 e. The maximum absolute atomic E-state index is 11.0. The molecule has 2 aromatic rings. The fourth-order valence-corrected chi connectivity index (χ4v) is 1.98. The summed E-state index contributed by atoms with van der Waals surface area (Å²) in [6.45, 7) is 4.15. The van der Waals surface area contributed by atoms with Crippen LogP contribution in [0.4, 0.5) is 0 Å². The van der Waals surface area contributed by atoms with Crippen molar-refractivity contribution in [2.45, 2.75) is 20.0 Å². The van der Waals surface area contributed by atoms with Gasteiger partial charge in [0.2, 0.25) is 0 Å². The molecule has 0 amide bonds. The molecule has 0 spiro atoms. The molecule has 19 heavy (non-hydrogen) atoms. The van der Waals surface area contributed by atoms with Crippen LogP contribution in [-0.2, 0) is 13.1 Å². The minimum atomic E-state index is -0.945. The van der Waals surface area contributed by atoms with Gasteiger partial charge in [-0.3, -0.25) is 4.90 Å². The van der Waals surface area contributed by atoms with Gasteiger partial charge in [0.15, 0.2) is 0 Å². The number of aromatic carboxylic acids is 1. The standard InChI is InChI=1S/C15H17NO3/c1-2-16(10-12-6-4-3-5-7-12)11-14-13(15(17)18)8-9-19-14/h3-9H,2,10-11H2,1H3,(H,17,18). The van der Waals surface area contributed by atoms with Gasteiger partial charge in [-0.1, -0.05) is 37.3 Å². The third-order valence-corrected chi connectivity index (χ3v) is 3.04. The molecule has 0 fully saturated rings. The zero-order valence-electron chi connectivity index (χ0n) is 10.9. The zero-order valence-corrected chi connectivity index (χ0v) is 10.9. The summed E-state index contributed by atoms with van der Waals surface area (Å²) in [4.78, 5) is 13.2. The molecule has 0 saturated heterocycles. The normalized spacial score (nSPS) is 10.8. The molecule has 0 aliphatic heterocycles. The summed E-state index contributed by atoms with van der Waals surface area (Å²) in [5.74, 6) is -0.440. The Kier molecular flexibility index (Phi) is 4.36. The van der Waals surface area contributed by atoms with Gasteiger partial charge in [0.1, 0.15) is 11.3 Å². The average Bonchev–Trinajstić information content (AvgIpc) is 2.87. The van der Waals surface area contributed by atoms with E-state index >= 15 is 0 Å². The Morgan fingerprint density at radius 1 is 1.21 bits per heavy atom. The van der Waals surface area contributed by atoms with Crippen LogP contribution in [0, 0.1) is 0 Å². The molecule has 0 atom stereocenters. The van der Waals surface area contributed by atoms with E-state index in [1.54, 1.807) is 0 Å². The molecule has 0 aliphatic rings. The van der Waals surface area contributed by atoms with Crippen molar-refractivity contribution in [1.29, 1.82) is 0 Å². The van der Waals surface area contributed by atoms with Crippen LogP contribution >= 0.6 is 0 Å². The van der Waals surface area contributed by atoms with E-state index in [2.05, 4.69) is 17.0 Å². The van der Waals surface area contributed by atoms with Crippen LogP contribution < -0.4 is 0 Å². The number of furan rings is 1. The number of carboxylic acids is 1. The highest BCUT2D eigenvalue weighted by Crippen LogP contribution is 2.15. The molecule has 4 nitrogen and oxygen atoms in total. The van der Waals surface area contributed by atoms with Crippen LogP contribution in [-0.4, -0.2) is 22.5 Å². The number of nitrogens with zero attached hydrogens (tertiary/aromatic N) is 1. The molecular weight excluding hydrogens is 242 g/mol. The Bertz CT molecular complexity index is 533. The summed E-state index contributed by atoms with van der Waals surface area (Å²) in [6.07, 6.45) is 1.43. The van der Waals surface area contributed by atoms with Crippen LogP contribution in [0.2, 0.25) is 0 Å². The Morgan fingerprint density at radius 2 is 1.95 bits per heavy atom. The van der Waals surface area contributed by atoms with Gasteiger partial charge in [0.05, 0.1) is 12.8 Å². The first-order valence-corrected chi connectivity index (χ1v) is 6.26.